The van der Waals surface area contributed by atoms with E-state index in [-0.39, 0.29) is 17.7 Å². The van der Waals surface area contributed by atoms with Crippen LogP contribution in [0.3, 0.4) is 0 Å². The van der Waals surface area contributed by atoms with E-state index < -0.39 is 0 Å². The van der Waals surface area contributed by atoms with Gasteiger partial charge < -0.3 is 9.80 Å². The van der Waals surface area contributed by atoms with Crippen molar-refractivity contribution in [1.29, 1.82) is 0 Å². The summed E-state index contributed by atoms with van der Waals surface area (Å²) in [6.45, 7) is 3.08. The largest absolute Gasteiger partial charge is 0.345 e. The number of fused-ring (bicyclic) bond motifs is 1. The van der Waals surface area contributed by atoms with E-state index in [1.807, 2.05) is 17.9 Å². The molecule has 3 aromatic heterocycles. The van der Waals surface area contributed by atoms with Crippen LogP contribution in [0.15, 0.2) is 30.9 Å². The lowest BCUT2D eigenvalue weighted by atomic mass is 9.94. The zero-order valence-corrected chi connectivity index (χ0v) is 16.7. The molecule has 9 heteroatoms. The molecule has 0 bridgehead atoms. The highest BCUT2D eigenvalue weighted by Gasteiger charge is 2.28. The first-order valence-electron chi connectivity index (χ1n) is 9.58. The Hall–Kier alpha value is -3.36. The lowest BCUT2D eigenvalue weighted by Gasteiger charge is -2.32. The van der Waals surface area contributed by atoms with Gasteiger partial charge in [-0.05, 0) is 25.8 Å². The Morgan fingerprint density at radius 3 is 2.69 bits per heavy atom. The van der Waals surface area contributed by atoms with Crippen molar-refractivity contribution >= 4 is 17.5 Å². The summed E-state index contributed by atoms with van der Waals surface area (Å²) in [6.07, 6.45) is 8.20. The lowest BCUT2D eigenvalue weighted by molar-refractivity contribution is 0.0698. The summed E-state index contributed by atoms with van der Waals surface area (Å²) in [5.41, 5.74) is 3.08. The zero-order valence-electron chi connectivity index (χ0n) is 16.7. The van der Waals surface area contributed by atoms with Gasteiger partial charge in [0, 0.05) is 45.5 Å². The van der Waals surface area contributed by atoms with Gasteiger partial charge in [-0.1, -0.05) is 0 Å². The van der Waals surface area contributed by atoms with Crippen LogP contribution in [0.5, 0.6) is 0 Å². The summed E-state index contributed by atoms with van der Waals surface area (Å²) in [7, 11) is 3.41. The fourth-order valence-corrected chi connectivity index (χ4v) is 3.68. The number of amides is 2. The van der Waals surface area contributed by atoms with E-state index in [4.69, 9.17) is 0 Å². The molecular formula is C20H23N7O2. The molecule has 9 nitrogen and oxygen atoms in total. The molecule has 3 aromatic rings. The van der Waals surface area contributed by atoms with Crippen molar-refractivity contribution in [2.24, 2.45) is 0 Å². The SMILES string of the molecule is Cc1cnc(C(=O)N2CCC[C@H](c3ccnc4c(C(=O)N(C)C)cnn34)C2)cn1. The molecule has 29 heavy (non-hydrogen) atoms. The van der Waals surface area contributed by atoms with E-state index in [2.05, 4.69) is 20.1 Å². The Morgan fingerprint density at radius 2 is 1.97 bits per heavy atom. The van der Waals surface area contributed by atoms with E-state index in [0.29, 0.717) is 30.0 Å². The van der Waals surface area contributed by atoms with E-state index in [9.17, 15) is 9.59 Å². The van der Waals surface area contributed by atoms with Crippen LogP contribution in [0.2, 0.25) is 0 Å². The molecule has 4 heterocycles. The second-order valence-electron chi connectivity index (χ2n) is 7.50. The fraction of sp³-hybridized carbons (Fsp3) is 0.400. The van der Waals surface area contributed by atoms with Gasteiger partial charge in [0.05, 0.1) is 23.8 Å². The van der Waals surface area contributed by atoms with Crippen LogP contribution in [-0.2, 0) is 0 Å². The number of piperidine rings is 1. The minimum absolute atomic E-state index is 0.0961. The quantitative estimate of drug-likeness (QED) is 0.670. The van der Waals surface area contributed by atoms with Crippen molar-refractivity contribution in [2.75, 3.05) is 27.2 Å². The minimum Gasteiger partial charge on any atom is -0.345 e. The van der Waals surface area contributed by atoms with Gasteiger partial charge in [0.1, 0.15) is 11.3 Å². The summed E-state index contributed by atoms with van der Waals surface area (Å²) >= 11 is 0. The number of carbonyl (C=O) groups excluding carboxylic acids is 2. The molecule has 0 unspecified atom stereocenters. The monoisotopic (exact) mass is 393 g/mol. The molecule has 0 saturated carbocycles. The Morgan fingerprint density at radius 1 is 1.14 bits per heavy atom. The summed E-state index contributed by atoms with van der Waals surface area (Å²) < 4.78 is 1.72. The van der Waals surface area contributed by atoms with Crippen LogP contribution in [0.4, 0.5) is 0 Å². The maximum absolute atomic E-state index is 12.9. The first kappa shape index (κ1) is 19.0. The highest BCUT2D eigenvalue weighted by molar-refractivity contribution is 5.99. The Balaban J connectivity index is 1.61. The van der Waals surface area contributed by atoms with E-state index in [1.54, 1.807) is 37.2 Å². The van der Waals surface area contributed by atoms with Crippen LogP contribution in [0.25, 0.3) is 5.65 Å². The van der Waals surface area contributed by atoms with Gasteiger partial charge in [-0.3, -0.25) is 14.6 Å². The van der Waals surface area contributed by atoms with Gasteiger partial charge in [-0.15, -0.1) is 0 Å². The van der Waals surface area contributed by atoms with Gasteiger partial charge >= 0.3 is 0 Å². The number of likely N-dealkylation sites (tertiary alicyclic amines) is 1. The second-order valence-corrected chi connectivity index (χ2v) is 7.50. The molecule has 2 amide bonds. The van der Waals surface area contributed by atoms with Crippen LogP contribution >= 0.6 is 0 Å². The molecule has 150 valence electrons. The molecule has 1 aliphatic heterocycles. The maximum Gasteiger partial charge on any atom is 0.274 e. The lowest BCUT2D eigenvalue weighted by Crippen LogP contribution is -2.40. The summed E-state index contributed by atoms with van der Waals surface area (Å²) in [6, 6.07) is 1.91. The fourth-order valence-electron chi connectivity index (χ4n) is 3.68. The number of aryl methyl sites for hydroxylation is 1. The number of hydrogen-bond acceptors (Lipinski definition) is 6. The number of rotatable bonds is 3. The normalized spacial score (nSPS) is 16.8. The Labute approximate surface area is 168 Å². The molecule has 0 aromatic carbocycles. The maximum atomic E-state index is 12.9. The summed E-state index contributed by atoms with van der Waals surface area (Å²) in [4.78, 5) is 41.3. The van der Waals surface area contributed by atoms with E-state index in [1.165, 1.54) is 11.1 Å². The Bertz CT molecular complexity index is 1060. The summed E-state index contributed by atoms with van der Waals surface area (Å²) in [5, 5.41) is 4.42. The van der Waals surface area contributed by atoms with Gasteiger partial charge in [0.2, 0.25) is 0 Å². The molecule has 4 rings (SSSR count). The molecule has 0 aliphatic carbocycles. The number of hydrogen-bond donors (Lipinski definition) is 0. The molecular weight excluding hydrogens is 370 g/mol. The molecule has 0 spiro atoms. The van der Waals surface area contributed by atoms with Crippen molar-refractivity contribution in [2.45, 2.75) is 25.7 Å². The smallest absolute Gasteiger partial charge is 0.274 e. The average Bonchev–Trinajstić information content (AvgIpc) is 3.17. The zero-order chi connectivity index (χ0) is 20.5. The predicted molar refractivity (Wildman–Crippen MR) is 106 cm³/mol. The predicted octanol–water partition coefficient (Wildman–Crippen LogP) is 1.55. The van der Waals surface area contributed by atoms with E-state index >= 15 is 0 Å². The molecule has 1 aliphatic rings. The first-order chi connectivity index (χ1) is 14.0. The van der Waals surface area contributed by atoms with Crippen LogP contribution in [0, 0.1) is 6.92 Å². The topological polar surface area (TPSA) is 96.6 Å². The third kappa shape index (κ3) is 3.55. The minimum atomic E-state index is -0.136. The van der Waals surface area contributed by atoms with Gasteiger partial charge in [-0.2, -0.15) is 5.10 Å². The summed E-state index contributed by atoms with van der Waals surface area (Å²) in [5.74, 6) is -0.154. The average molecular weight is 393 g/mol. The van der Waals surface area contributed by atoms with Crippen LogP contribution in [-0.4, -0.2) is 73.4 Å². The van der Waals surface area contributed by atoms with Gasteiger partial charge in [0.15, 0.2) is 5.65 Å². The standard InChI is InChI=1S/C20H23N7O2/c1-13-9-23-16(11-22-13)20(29)26-8-4-5-14(12-26)17-6-7-21-18-15(10-24-27(17)18)19(28)25(2)3/h6-7,9-11,14H,4-5,8,12H2,1-3H3/t14-/m0/s1. The first-order valence-corrected chi connectivity index (χ1v) is 9.58. The molecule has 1 saturated heterocycles. The number of carbonyl (C=O) groups is 2. The van der Waals surface area contributed by atoms with E-state index in [0.717, 1.165) is 24.2 Å². The van der Waals surface area contributed by atoms with Crippen LogP contribution < -0.4 is 0 Å². The van der Waals surface area contributed by atoms with Crippen molar-refractivity contribution in [1.82, 2.24) is 34.4 Å². The molecule has 0 radical (unpaired) electrons. The number of nitrogens with zero attached hydrogens (tertiary/aromatic N) is 7. The van der Waals surface area contributed by atoms with Crippen molar-refractivity contribution < 1.29 is 9.59 Å². The van der Waals surface area contributed by atoms with Gasteiger partial charge in [0.25, 0.3) is 11.8 Å². The molecule has 0 N–H and O–H groups in total. The van der Waals surface area contributed by atoms with Crippen molar-refractivity contribution in [3.05, 3.63) is 53.5 Å². The highest BCUT2D eigenvalue weighted by atomic mass is 16.2. The van der Waals surface area contributed by atoms with Crippen molar-refractivity contribution in [3.8, 4) is 0 Å². The second kappa shape index (κ2) is 7.57. The van der Waals surface area contributed by atoms with Crippen molar-refractivity contribution in [3.63, 3.8) is 0 Å². The Kier molecular flexibility index (Phi) is 4.96. The van der Waals surface area contributed by atoms with Crippen LogP contribution in [0.1, 0.15) is 51.0 Å². The third-order valence-corrected chi connectivity index (χ3v) is 5.19. The number of aromatic nitrogens is 5. The molecule has 1 atom stereocenters. The molecule has 1 fully saturated rings. The third-order valence-electron chi connectivity index (χ3n) is 5.19. The van der Waals surface area contributed by atoms with Gasteiger partial charge in [-0.25, -0.2) is 14.5 Å². The highest BCUT2D eigenvalue weighted by Crippen LogP contribution is 2.28.